The Balaban J connectivity index is 1.60. The first kappa shape index (κ1) is 12.9. The third kappa shape index (κ3) is 2.90. The Kier molecular flexibility index (Phi) is 3.46. The molecular formula is C15H21FN2O. The first-order valence-electron chi connectivity index (χ1n) is 7.12. The van der Waals surface area contributed by atoms with E-state index in [0.29, 0.717) is 6.04 Å². The second-order valence-electron chi connectivity index (χ2n) is 5.80. The maximum atomic E-state index is 13.0. The van der Waals surface area contributed by atoms with E-state index in [-0.39, 0.29) is 11.8 Å². The zero-order valence-electron chi connectivity index (χ0n) is 11.3. The number of hydrogen-bond donors (Lipinski definition) is 2. The van der Waals surface area contributed by atoms with Crippen LogP contribution >= 0.6 is 0 Å². The molecule has 4 heteroatoms. The van der Waals surface area contributed by atoms with Gasteiger partial charge in [-0.05, 0) is 32.3 Å². The average Bonchev–Trinajstić information content (AvgIpc) is 3.10. The number of likely N-dealkylation sites (tertiary alicyclic amines) is 1. The summed E-state index contributed by atoms with van der Waals surface area (Å²) >= 11 is 0. The summed E-state index contributed by atoms with van der Waals surface area (Å²) in [5, 5.41) is 13.3. The molecule has 1 heterocycles. The lowest BCUT2D eigenvalue weighted by Gasteiger charge is -2.21. The monoisotopic (exact) mass is 264 g/mol. The molecule has 1 aromatic carbocycles. The zero-order chi connectivity index (χ0) is 13.4. The molecule has 1 aliphatic carbocycles. The first-order chi connectivity index (χ1) is 9.13. The van der Waals surface area contributed by atoms with Gasteiger partial charge < -0.3 is 10.4 Å². The van der Waals surface area contributed by atoms with Crippen LogP contribution in [0.15, 0.2) is 18.2 Å². The average molecular weight is 264 g/mol. The van der Waals surface area contributed by atoms with Crippen LogP contribution in [0.3, 0.4) is 0 Å². The Morgan fingerprint density at radius 3 is 2.84 bits per heavy atom. The Hall–Kier alpha value is -1.13. The molecule has 0 aromatic heterocycles. The molecule has 1 saturated heterocycles. The van der Waals surface area contributed by atoms with Gasteiger partial charge in [0.2, 0.25) is 0 Å². The highest BCUT2D eigenvalue weighted by molar-refractivity contribution is 5.35. The molecule has 3 nitrogen and oxygen atoms in total. The van der Waals surface area contributed by atoms with Crippen molar-refractivity contribution in [2.24, 2.45) is 0 Å². The molecule has 19 heavy (non-hydrogen) atoms. The second-order valence-corrected chi connectivity index (χ2v) is 5.80. The Bertz CT molecular complexity index is 461. The smallest absolute Gasteiger partial charge is 0.126 e. The number of rotatable bonds is 4. The molecule has 2 aliphatic rings. The third-order valence-corrected chi connectivity index (χ3v) is 4.23. The summed E-state index contributed by atoms with van der Waals surface area (Å²) in [4.78, 5) is 2.55. The lowest BCUT2D eigenvalue weighted by atomic mass is 10.1. The van der Waals surface area contributed by atoms with E-state index in [0.717, 1.165) is 24.6 Å². The maximum Gasteiger partial charge on any atom is 0.126 e. The molecule has 104 valence electrons. The standard InChI is InChI=1S/C15H21FN2O/c1-10(14-5-2-11(16)8-15(14)19)17-12-6-7-18(9-12)13-3-4-13/h2,5,8,10,12-13,17,19H,3-4,6-7,9H2,1H3. The van der Waals surface area contributed by atoms with Crippen LogP contribution in [-0.4, -0.2) is 35.2 Å². The highest BCUT2D eigenvalue weighted by atomic mass is 19.1. The van der Waals surface area contributed by atoms with Crippen LogP contribution in [0, 0.1) is 5.82 Å². The van der Waals surface area contributed by atoms with Gasteiger partial charge in [0, 0.05) is 42.8 Å². The third-order valence-electron chi connectivity index (χ3n) is 4.23. The predicted octanol–water partition coefficient (Wildman–Crippen LogP) is 2.42. The largest absolute Gasteiger partial charge is 0.508 e. The molecule has 0 radical (unpaired) electrons. The van der Waals surface area contributed by atoms with Crippen molar-refractivity contribution in [2.75, 3.05) is 13.1 Å². The van der Waals surface area contributed by atoms with Crippen LogP contribution < -0.4 is 5.32 Å². The van der Waals surface area contributed by atoms with Gasteiger partial charge in [0.05, 0.1) is 0 Å². The molecular weight excluding hydrogens is 243 g/mol. The van der Waals surface area contributed by atoms with E-state index in [1.807, 2.05) is 6.92 Å². The normalized spacial score (nSPS) is 25.7. The Morgan fingerprint density at radius 1 is 1.37 bits per heavy atom. The molecule has 2 atom stereocenters. The number of nitrogens with zero attached hydrogens (tertiary/aromatic N) is 1. The summed E-state index contributed by atoms with van der Waals surface area (Å²) in [7, 11) is 0. The topological polar surface area (TPSA) is 35.5 Å². The number of benzene rings is 1. The van der Waals surface area contributed by atoms with Gasteiger partial charge in [-0.2, -0.15) is 0 Å². The van der Waals surface area contributed by atoms with Crippen LogP contribution in [0.5, 0.6) is 5.75 Å². The van der Waals surface area contributed by atoms with Gasteiger partial charge in [0.1, 0.15) is 11.6 Å². The summed E-state index contributed by atoms with van der Waals surface area (Å²) < 4.78 is 13.0. The van der Waals surface area contributed by atoms with Crippen molar-refractivity contribution in [3.63, 3.8) is 0 Å². The van der Waals surface area contributed by atoms with Gasteiger partial charge in [-0.3, -0.25) is 4.90 Å². The number of halogens is 1. The van der Waals surface area contributed by atoms with Crippen LogP contribution in [0.25, 0.3) is 0 Å². The number of phenols is 1. The fraction of sp³-hybridized carbons (Fsp3) is 0.600. The fourth-order valence-electron chi connectivity index (χ4n) is 3.02. The van der Waals surface area contributed by atoms with Crippen molar-refractivity contribution in [2.45, 2.75) is 44.3 Å². The Labute approximate surface area is 113 Å². The van der Waals surface area contributed by atoms with E-state index in [4.69, 9.17) is 0 Å². The molecule has 2 N–H and O–H groups in total. The lowest BCUT2D eigenvalue weighted by Crippen LogP contribution is -2.35. The van der Waals surface area contributed by atoms with Crippen LogP contribution in [0.4, 0.5) is 4.39 Å². The molecule has 2 fully saturated rings. The molecule has 3 rings (SSSR count). The minimum Gasteiger partial charge on any atom is -0.508 e. The zero-order valence-corrected chi connectivity index (χ0v) is 11.3. The van der Waals surface area contributed by atoms with Gasteiger partial charge in [-0.1, -0.05) is 6.07 Å². The summed E-state index contributed by atoms with van der Waals surface area (Å²) in [6.45, 7) is 4.29. The highest BCUT2D eigenvalue weighted by Gasteiger charge is 2.34. The summed E-state index contributed by atoms with van der Waals surface area (Å²) in [6.07, 6.45) is 3.85. The number of phenolic OH excluding ortho intramolecular Hbond substituents is 1. The molecule has 0 bridgehead atoms. The van der Waals surface area contributed by atoms with Crippen molar-refractivity contribution in [3.8, 4) is 5.75 Å². The van der Waals surface area contributed by atoms with Gasteiger partial charge in [-0.15, -0.1) is 0 Å². The fourth-order valence-corrected chi connectivity index (χ4v) is 3.02. The van der Waals surface area contributed by atoms with Gasteiger partial charge >= 0.3 is 0 Å². The van der Waals surface area contributed by atoms with E-state index in [2.05, 4.69) is 10.2 Å². The maximum absolute atomic E-state index is 13.0. The minimum absolute atomic E-state index is 0.0389. The summed E-state index contributed by atoms with van der Waals surface area (Å²) in [5.74, 6) is -0.355. The number of hydrogen-bond acceptors (Lipinski definition) is 3. The van der Waals surface area contributed by atoms with E-state index in [1.165, 1.54) is 31.5 Å². The van der Waals surface area contributed by atoms with E-state index < -0.39 is 5.82 Å². The molecule has 1 aliphatic heterocycles. The molecule has 1 aromatic rings. The van der Waals surface area contributed by atoms with Gasteiger partial charge in [0.15, 0.2) is 0 Å². The van der Waals surface area contributed by atoms with Crippen molar-refractivity contribution in [1.82, 2.24) is 10.2 Å². The minimum atomic E-state index is -0.394. The van der Waals surface area contributed by atoms with E-state index in [1.54, 1.807) is 6.07 Å². The first-order valence-corrected chi connectivity index (χ1v) is 7.12. The van der Waals surface area contributed by atoms with Crippen LogP contribution in [0.1, 0.15) is 37.8 Å². The molecule has 1 saturated carbocycles. The number of aromatic hydroxyl groups is 1. The van der Waals surface area contributed by atoms with Crippen molar-refractivity contribution in [3.05, 3.63) is 29.6 Å². The second kappa shape index (κ2) is 5.10. The quantitative estimate of drug-likeness (QED) is 0.876. The number of nitrogens with one attached hydrogen (secondary N) is 1. The summed E-state index contributed by atoms with van der Waals surface area (Å²) in [5.41, 5.74) is 0.770. The van der Waals surface area contributed by atoms with Crippen molar-refractivity contribution >= 4 is 0 Å². The van der Waals surface area contributed by atoms with E-state index >= 15 is 0 Å². The predicted molar refractivity (Wildman–Crippen MR) is 72.6 cm³/mol. The van der Waals surface area contributed by atoms with Gasteiger partial charge in [0.25, 0.3) is 0 Å². The van der Waals surface area contributed by atoms with E-state index in [9.17, 15) is 9.50 Å². The highest BCUT2D eigenvalue weighted by Crippen LogP contribution is 2.31. The summed E-state index contributed by atoms with van der Waals surface area (Å²) in [6, 6.07) is 5.58. The molecule has 2 unspecified atom stereocenters. The molecule has 0 spiro atoms. The SMILES string of the molecule is CC(NC1CCN(C2CC2)C1)c1ccc(F)cc1O. The Morgan fingerprint density at radius 2 is 2.16 bits per heavy atom. The van der Waals surface area contributed by atoms with Gasteiger partial charge in [-0.25, -0.2) is 4.39 Å². The van der Waals surface area contributed by atoms with Crippen LogP contribution in [-0.2, 0) is 0 Å². The van der Waals surface area contributed by atoms with Crippen LogP contribution in [0.2, 0.25) is 0 Å². The van der Waals surface area contributed by atoms with Crippen molar-refractivity contribution in [1.29, 1.82) is 0 Å². The van der Waals surface area contributed by atoms with Crippen molar-refractivity contribution < 1.29 is 9.50 Å². The lowest BCUT2D eigenvalue weighted by molar-refractivity contribution is 0.313. The molecule has 0 amide bonds.